The highest BCUT2D eigenvalue weighted by molar-refractivity contribution is 6.04. The molecule has 0 radical (unpaired) electrons. The Labute approximate surface area is 199 Å². The van der Waals surface area contributed by atoms with E-state index in [-0.39, 0.29) is 11.8 Å². The van der Waals surface area contributed by atoms with Gasteiger partial charge in [0.15, 0.2) is 6.04 Å². The fraction of sp³-hybridized carbons (Fsp3) is 0.250. The zero-order valence-corrected chi connectivity index (χ0v) is 19.7. The number of fused-ring (bicyclic) bond motifs is 3. The van der Waals surface area contributed by atoms with Crippen LogP contribution in [0.25, 0.3) is 11.1 Å². The number of hydrogen-bond acceptors (Lipinski definition) is 4. The number of esters is 1. The van der Waals surface area contributed by atoms with Crippen molar-refractivity contribution in [3.63, 3.8) is 0 Å². The summed E-state index contributed by atoms with van der Waals surface area (Å²) < 4.78 is 5.16. The van der Waals surface area contributed by atoms with E-state index in [1.54, 1.807) is 57.2 Å². The number of amides is 2. The van der Waals surface area contributed by atoms with Crippen LogP contribution < -0.4 is 5.32 Å². The maximum atomic E-state index is 14.1. The van der Waals surface area contributed by atoms with Gasteiger partial charge in [-0.1, -0.05) is 93.6 Å². The van der Waals surface area contributed by atoms with Crippen LogP contribution in [0, 0.1) is 5.41 Å². The van der Waals surface area contributed by atoms with Gasteiger partial charge in [-0.25, -0.2) is 4.79 Å². The van der Waals surface area contributed by atoms with E-state index in [9.17, 15) is 14.4 Å². The first-order chi connectivity index (χ1) is 16.2. The minimum atomic E-state index is -1.07. The Morgan fingerprint density at radius 3 is 2.03 bits per heavy atom. The predicted octanol–water partition coefficient (Wildman–Crippen LogP) is 4.88. The molecule has 6 nitrogen and oxygen atoms in total. The summed E-state index contributed by atoms with van der Waals surface area (Å²) in [4.78, 5) is 42.0. The van der Waals surface area contributed by atoms with Crippen LogP contribution in [0.1, 0.15) is 54.5 Å². The quantitative estimate of drug-likeness (QED) is 0.568. The van der Waals surface area contributed by atoms with Crippen LogP contribution in [0.3, 0.4) is 0 Å². The molecule has 0 aliphatic carbocycles. The fourth-order valence-corrected chi connectivity index (χ4v) is 4.20. The van der Waals surface area contributed by atoms with Crippen molar-refractivity contribution in [2.24, 2.45) is 5.41 Å². The molecule has 3 aromatic rings. The molecule has 1 aliphatic rings. The number of carbonyl (C=O) groups is 3. The van der Waals surface area contributed by atoms with Crippen molar-refractivity contribution >= 4 is 17.8 Å². The Balaban J connectivity index is 2.01. The molecule has 0 fully saturated rings. The smallest absolute Gasteiger partial charge is 0.333 e. The first-order valence-corrected chi connectivity index (χ1v) is 11.2. The van der Waals surface area contributed by atoms with Crippen LogP contribution in [-0.2, 0) is 14.3 Å². The van der Waals surface area contributed by atoms with Crippen molar-refractivity contribution in [3.05, 3.63) is 95.6 Å². The van der Waals surface area contributed by atoms with E-state index in [2.05, 4.69) is 5.32 Å². The second-order valence-electron chi connectivity index (χ2n) is 9.31. The van der Waals surface area contributed by atoms with E-state index in [0.717, 1.165) is 16.7 Å². The van der Waals surface area contributed by atoms with Crippen LogP contribution in [0.5, 0.6) is 0 Å². The van der Waals surface area contributed by atoms with Crippen molar-refractivity contribution in [3.8, 4) is 11.1 Å². The molecular weight excluding hydrogens is 428 g/mol. The summed E-state index contributed by atoms with van der Waals surface area (Å²) >= 11 is 0. The van der Waals surface area contributed by atoms with Gasteiger partial charge in [0.1, 0.15) is 6.17 Å². The number of carbonyl (C=O) groups excluding carboxylic acids is 3. The second-order valence-corrected chi connectivity index (χ2v) is 9.31. The maximum Gasteiger partial charge on any atom is 0.333 e. The molecule has 0 aromatic heterocycles. The number of ether oxygens (including phenoxy) is 1. The summed E-state index contributed by atoms with van der Waals surface area (Å²) in [7, 11) is 1.30. The van der Waals surface area contributed by atoms with Gasteiger partial charge in [-0.15, -0.1) is 0 Å². The lowest BCUT2D eigenvalue weighted by Crippen LogP contribution is -2.50. The third kappa shape index (κ3) is 4.19. The second kappa shape index (κ2) is 9.14. The SMILES string of the molecule is COC(=O)[C@H](c1ccccc1)N1C(=O)c2ccccc2-c2ccccc2C1NC(=O)C(C)(C)C. The van der Waals surface area contributed by atoms with Crippen LogP contribution in [0.2, 0.25) is 0 Å². The van der Waals surface area contributed by atoms with Crippen LogP contribution >= 0.6 is 0 Å². The third-order valence-corrected chi connectivity index (χ3v) is 5.98. The third-order valence-electron chi connectivity index (χ3n) is 5.98. The Morgan fingerprint density at radius 1 is 0.853 bits per heavy atom. The molecule has 2 amide bonds. The van der Waals surface area contributed by atoms with Crippen molar-refractivity contribution in [1.29, 1.82) is 0 Å². The summed E-state index contributed by atoms with van der Waals surface area (Å²) in [5.74, 6) is -1.20. The lowest BCUT2D eigenvalue weighted by Gasteiger charge is -2.38. The van der Waals surface area contributed by atoms with E-state index >= 15 is 0 Å². The molecule has 6 heteroatoms. The Bertz CT molecular complexity index is 1230. The zero-order chi connectivity index (χ0) is 24.5. The highest BCUT2D eigenvalue weighted by Gasteiger charge is 2.43. The molecule has 174 valence electrons. The molecular formula is C28H28N2O4. The van der Waals surface area contributed by atoms with Gasteiger partial charge in [-0.2, -0.15) is 0 Å². The number of rotatable bonds is 4. The van der Waals surface area contributed by atoms with E-state index in [0.29, 0.717) is 11.1 Å². The summed E-state index contributed by atoms with van der Waals surface area (Å²) in [6.07, 6.45) is -0.896. The normalized spacial score (nSPS) is 16.1. The highest BCUT2D eigenvalue weighted by Crippen LogP contribution is 2.41. The predicted molar refractivity (Wildman–Crippen MR) is 130 cm³/mol. The molecule has 3 aromatic carbocycles. The fourth-order valence-electron chi connectivity index (χ4n) is 4.20. The zero-order valence-electron chi connectivity index (χ0n) is 19.7. The lowest BCUT2D eigenvalue weighted by molar-refractivity contribution is -0.148. The first kappa shape index (κ1) is 23.2. The molecule has 1 N–H and O–H groups in total. The van der Waals surface area contributed by atoms with Crippen molar-refractivity contribution in [1.82, 2.24) is 10.2 Å². The van der Waals surface area contributed by atoms with Gasteiger partial charge < -0.3 is 10.1 Å². The van der Waals surface area contributed by atoms with E-state index in [1.807, 2.05) is 42.5 Å². The average Bonchev–Trinajstić information content (AvgIpc) is 2.94. The van der Waals surface area contributed by atoms with Gasteiger partial charge in [-0.05, 0) is 22.8 Å². The number of nitrogens with one attached hydrogen (secondary N) is 1. The molecule has 1 heterocycles. The van der Waals surface area contributed by atoms with Gasteiger partial charge in [0.05, 0.1) is 7.11 Å². The topological polar surface area (TPSA) is 75.7 Å². The number of nitrogens with zero attached hydrogens (tertiary/aromatic N) is 1. The van der Waals surface area contributed by atoms with Gasteiger partial charge >= 0.3 is 5.97 Å². The first-order valence-electron chi connectivity index (χ1n) is 11.2. The van der Waals surface area contributed by atoms with Crippen molar-refractivity contribution in [2.75, 3.05) is 7.11 Å². The standard InChI is InChI=1S/C28H28N2O4/c1-28(2,3)27(33)29-24-21-16-10-8-14-19(21)20-15-9-11-17-22(20)25(31)30(24)23(26(32)34-4)18-12-6-5-7-13-18/h5-17,23-24H,1-4H3,(H,29,33)/t23-,24?/m0/s1. The lowest BCUT2D eigenvalue weighted by atomic mass is 9.93. The molecule has 34 heavy (non-hydrogen) atoms. The molecule has 0 saturated heterocycles. The van der Waals surface area contributed by atoms with E-state index in [1.165, 1.54) is 12.0 Å². The molecule has 0 spiro atoms. The minimum Gasteiger partial charge on any atom is -0.467 e. The Kier molecular flexibility index (Phi) is 6.24. The van der Waals surface area contributed by atoms with Gasteiger partial charge in [0, 0.05) is 16.5 Å². The van der Waals surface area contributed by atoms with Crippen molar-refractivity contribution in [2.45, 2.75) is 33.0 Å². The molecule has 0 saturated carbocycles. The van der Waals surface area contributed by atoms with Crippen LogP contribution in [-0.4, -0.2) is 29.8 Å². The summed E-state index contributed by atoms with van der Waals surface area (Å²) in [6, 6.07) is 22.8. The monoisotopic (exact) mass is 456 g/mol. The van der Waals surface area contributed by atoms with Crippen LogP contribution in [0.15, 0.2) is 78.9 Å². The van der Waals surface area contributed by atoms with Crippen LogP contribution in [0.4, 0.5) is 0 Å². The summed E-state index contributed by atoms with van der Waals surface area (Å²) in [5.41, 5.74) is 2.63. The van der Waals surface area contributed by atoms with E-state index < -0.39 is 23.6 Å². The maximum absolute atomic E-state index is 14.1. The number of methoxy groups -OCH3 is 1. The number of benzene rings is 3. The molecule has 1 aliphatic heterocycles. The average molecular weight is 457 g/mol. The van der Waals surface area contributed by atoms with Gasteiger partial charge in [0.2, 0.25) is 5.91 Å². The molecule has 2 atom stereocenters. The Hall–Kier alpha value is -3.93. The summed E-state index contributed by atoms with van der Waals surface area (Å²) in [5, 5.41) is 3.06. The number of hydrogen-bond donors (Lipinski definition) is 1. The molecule has 0 bridgehead atoms. The van der Waals surface area contributed by atoms with Gasteiger partial charge in [0.25, 0.3) is 5.91 Å². The Morgan fingerprint density at radius 2 is 1.41 bits per heavy atom. The van der Waals surface area contributed by atoms with Gasteiger partial charge in [-0.3, -0.25) is 14.5 Å². The highest BCUT2D eigenvalue weighted by atomic mass is 16.5. The minimum absolute atomic E-state index is 0.243. The molecule has 4 rings (SSSR count). The molecule has 1 unspecified atom stereocenters. The van der Waals surface area contributed by atoms with E-state index in [4.69, 9.17) is 4.74 Å². The summed E-state index contributed by atoms with van der Waals surface area (Å²) in [6.45, 7) is 5.42. The van der Waals surface area contributed by atoms with Crippen molar-refractivity contribution < 1.29 is 19.1 Å². The largest absolute Gasteiger partial charge is 0.467 e.